The Hall–Kier alpha value is -2.64. The Morgan fingerprint density at radius 2 is 2.08 bits per heavy atom. The zero-order valence-electron chi connectivity index (χ0n) is 20.6. The number of nitrogens with one attached hydrogen (secondary N) is 2. The van der Waals surface area contributed by atoms with Crippen molar-refractivity contribution in [1.29, 1.82) is 0 Å². The number of fused-ring (bicyclic) bond motifs is 4. The van der Waals surface area contributed by atoms with Gasteiger partial charge < -0.3 is 15.2 Å². The largest absolute Gasteiger partial charge is 0.474 e. The van der Waals surface area contributed by atoms with Crippen LogP contribution in [0.1, 0.15) is 25.5 Å². The number of aromatic nitrogens is 6. The van der Waals surface area contributed by atoms with E-state index in [0.717, 1.165) is 0 Å². The minimum Gasteiger partial charge on any atom is -0.474 e. The minimum atomic E-state index is -4.32. The van der Waals surface area contributed by atoms with Crippen LogP contribution in [0.4, 0.5) is 5.95 Å². The van der Waals surface area contributed by atoms with Crippen molar-refractivity contribution in [2.24, 2.45) is 5.92 Å². The number of rotatable bonds is 3. The highest BCUT2D eigenvalue weighted by Crippen LogP contribution is 2.57. The molecule has 3 aliphatic rings. The summed E-state index contributed by atoms with van der Waals surface area (Å²) in [7, 11) is -4.32. The molecule has 3 aromatic heterocycles. The van der Waals surface area contributed by atoms with E-state index in [1.54, 1.807) is 6.07 Å². The summed E-state index contributed by atoms with van der Waals surface area (Å²) in [5, 5.41) is 0. The number of aromatic amines is 1. The lowest BCUT2D eigenvalue weighted by Gasteiger charge is -2.25. The molecule has 2 aliphatic heterocycles. The highest BCUT2D eigenvalue weighted by molar-refractivity contribution is 8.44. The van der Waals surface area contributed by atoms with E-state index >= 15 is 0 Å². The molecule has 4 N–H and O–H groups in total. The number of anilines is 1. The maximum atomic E-state index is 13.2. The van der Waals surface area contributed by atoms with Crippen LogP contribution in [-0.2, 0) is 32.8 Å². The number of nitrogen functional groups attached to an aromatic ring is 1. The van der Waals surface area contributed by atoms with Crippen molar-refractivity contribution in [2.75, 3.05) is 18.9 Å². The van der Waals surface area contributed by atoms with Gasteiger partial charge in [0, 0.05) is 37.6 Å². The standard InChI is InChI=1S/C20H25N8O9PS2/c21-20-26-17-16(18(29)27-20)24-9-28(17)19-14-5-12(35-19)7-33-38(30,39)36-13-4-11(34-15-1-2-22-8-23-15)3-10(13)6-25-40(31,32)37-14/h1-2,8-14,19,25H,3-7H2,(H,30,39)(H3,21,26,27,29)/t10-,11-,12+,13+,14-,19-,38+/m1/s1. The normalized spacial score (nSPS) is 34.4. The lowest BCUT2D eigenvalue weighted by atomic mass is 10.1. The molecule has 3 fully saturated rings. The maximum absolute atomic E-state index is 13.2. The quantitative estimate of drug-likeness (QED) is 0.230. The predicted octanol–water partition coefficient (Wildman–Crippen LogP) is 0.310. The molecule has 6 rings (SSSR count). The Labute approximate surface area is 232 Å². The first-order valence-electron chi connectivity index (χ1n) is 12.2. The molecule has 1 saturated carbocycles. The fraction of sp³-hybridized carbons (Fsp3) is 0.550. The van der Waals surface area contributed by atoms with Crippen LogP contribution in [0.2, 0.25) is 0 Å². The van der Waals surface area contributed by atoms with Crippen molar-refractivity contribution in [3.8, 4) is 5.88 Å². The molecule has 40 heavy (non-hydrogen) atoms. The summed E-state index contributed by atoms with van der Waals surface area (Å²) in [5.41, 5.74) is 5.17. The van der Waals surface area contributed by atoms with Crippen molar-refractivity contribution in [3.63, 3.8) is 0 Å². The molecule has 1 aliphatic carbocycles. The third-order valence-electron chi connectivity index (χ3n) is 6.76. The van der Waals surface area contributed by atoms with E-state index < -0.39 is 59.2 Å². The highest BCUT2D eigenvalue weighted by Gasteiger charge is 2.45. The van der Waals surface area contributed by atoms with Crippen molar-refractivity contribution in [2.45, 2.75) is 49.9 Å². The number of H-pyrrole nitrogens is 1. The van der Waals surface area contributed by atoms with Gasteiger partial charge in [-0.3, -0.25) is 23.4 Å². The summed E-state index contributed by atoms with van der Waals surface area (Å²) >= 11 is 4.14. The van der Waals surface area contributed by atoms with Crippen LogP contribution in [-0.4, -0.2) is 75.5 Å². The third kappa shape index (κ3) is 5.87. The van der Waals surface area contributed by atoms with E-state index in [0.29, 0.717) is 18.7 Å². The highest BCUT2D eigenvalue weighted by atomic mass is 32.7. The fourth-order valence-corrected chi connectivity index (χ4v) is 7.63. The second kappa shape index (κ2) is 10.6. The number of hydrogen-bond acceptors (Lipinski definition) is 14. The van der Waals surface area contributed by atoms with Crippen molar-refractivity contribution in [1.82, 2.24) is 34.2 Å². The molecule has 0 unspecified atom stereocenters. The molecule has 5 heterocycles. The van der Waals surface area contributed by atoms with E-state index in [1.165, 1.54) is 23.4 Å². The lowest BCUT2D eigenvalue weighted by molar-refractivity contribution is -0.0419. The van der Waals surface area contributed by atoms with Crippen LogP contribution in [0.3, 0.4) is 0 Å². The van der Waals surface area contributed by atoms with Gasteiger partial charge in [-0.15, -0.1) is 0 Å². The lowest BCUT2D eigenvalue weighted by Crippen LogP contribution is -2.37. The summed E-state index contributed by atoms with van der Waals surface area (Å²) in [6, 6.07) is 1.59. The second-order valence-corrected chi connectivity index (χ2v) is 13.8. The molecule has 7 atom stereocenters. The summed E-state index contributed by atoms with van der Waals surface area (Å²) in [5.74, 6) is -0.267. The number of thiol groups is 1. The third-order valence-corrected chi connectivity index (χ3v) is 9.43. The van der Waals surface area contributed by atoms with Gasteiger partial charge in [0.15, 0.2) is 17.4 Å². The van der Waals surface area contributed by atoms with Crippen LogP contribution in [0, 0.1) is 5.92 Å². The van der Waals surface area contributed by atoms with Gasteiger partial charge in [-0.25, -0.2) is 23.7 Å². The molecule has 0 amide bonds. The Bertz CT molecular complexity index is 1610. The number of nitrogens with zero attached hydrogens (tertiary/aromatic N) is 5. The molecule has 3 aromatic rings. The van der Waals surface area contributed by atoms with Crippen molar-refractivity contribution in [3.05, 3.63) is 35.3 Å². The van der Waals surface area contributed by atoms with Gasteiger partial charge in [-0.05, 0) is 6.42 Å². The number of ether oxygens (including phenoxy) is 2. The molecular weight excluding hydrogens is 591 g/mol. The Morgan fingerprint density at radius 1 is 1.23 bits per heavy atom. The van der Waals surface area contributed by atoms with E-state index in [9.17, 15) is 17.8 Å². The summed E-state index contributed by atoms with van der Waals surface area (Å²) in [6.07, 6.45) is 0.777. The average Bonchev–Trinajstić information content (AvgIpc) is 3.58. The molecule has 2 saturated heterocycles. The summed E-state index contributed by atoms with van der Waals surface area (Å²) in [6.45, 7) is -4.25. The molecule has 20 heteroatoms. The van der Waals surface area contributed by atoms with Gasteiger partial charge in [0.25, 0.3) is 5.56 Å². The Morgan fingerprint density at radius 3 is 2.88 bits per heavy atom. The molecule has 17 nitrogen and oxygen atoms in total. The maximum Gasteiger partial charge on any atom is 0.386 e. The summed E-state index contributed by atoms with van der Waals surface area (Å²) in [4.78, 5) is 30.6. The molecule has 216 valence electrons. The van der Waals surface area contributed by atoms with E-state index in [4.69, 9.17) is 28.4 Å². The zero-order valence-corrected chi connectivity index (χ0v) is 23.2. The smallest absolute Gasteiger partial charge is 0.386 e. The van der Waals surface area contributed by atoms with E-state index in [-0.39, 0.29) is 36.7 Å². The van der Waals surface area contributed by atoms with Gasteiger partial charge in [0.05, 0.1) is 25.1 Å². The first kappa shape index (κ1) is 27.5. The first-order chi connectivity index (χ1) is 19.1. The van der Waals surface area contributed by atoms with Crippen LogP contribution in [0.5, 0.6) is 5.88 Å². The van der Waals surface area contributed by atoms with Gasteiger partial charge in [-0.2, -0.15) is 18.1 Å². The number of hydrogen-bond donors (Lipinski definition) is 4. The molecule has 2 bridgehead atoms. The van der Waals surface area contributed by atoms with Crippen molar-refractivity contribution < 1.29 is 35.7 Å². The number of nitrogens with two attached hydrogens (primary N) is 1. The van der Waals surface area contributed by atoms with Crippen LogP contribution in [0.15, 0.2) is 29.7 Å². The monoisotopic (exact) mass is 616 g/mol. The topological polar surface area (TPSA) is 225 Å². The number of imidazole rings is 1. The minimum absolute atomic E-state index is 0.0223. The molecule has 0 radical (unpaired) electrons. The van der Waals surface area contributed by atoms with Crippen LogP contribution >= 0.6 is 19.0 Å². The van der Waals surface area contributed by atoms with Crippen LogP contribution in [0.25, 0.3) is 11.2 Å². The fourth-order valence-electron chi connectivity index (χ4n) is 5.07. The summed E-state index contributed by atoms with van der Waals surface area (Å²) < 4.78 is 71.8. The van der Waals surface area contributed by atoms with Crippen molar-refractivity contribution >= 4 is 46.5 Å². The predicted molar refractivity (Wildman–Crippen MR) is 139 cm³/mol. The van der Waals surface area contributed by atoms with E-state index in [1.807, 2.05) is 0 Å². The first-order valence-corrected chi connectivity index (χ1v) is 16.3. The zero-order chi connectivity index (χ0) is 28.1. The van der Waals surface area contributed by atoms with Crippen LogP contribution < -0.4 is 20.8 Å². The Balaban J connectivity index is 1.25. The second-order valence-electron chi connectivity index (χ2n) is 9.52. The Kier molecular flexibility index (Phi) is 7.32. The molecular formula is C20H25N8O9PS2. The van der Waals surface area contributed by atoms with Gasteiger partial charge >= 0.3 is 17.1 Å². The van der Waals surface area contributed by atoms with Gasteiger partial charge in [-0.1, -0.05) is 12.2 Å². The molecule has 0 aromatic carbocycles. The molecule has 0 spiro atoms. The average molecular weight is 617 g/mol. The van der Waals surface area contributed by atoms with E-state index in [2.05, 4.69) is 41.9 Å². The van der Waals surface area contributed by atoms with Gasteiger partial charge in [0.1, 0.15) is 18.5 Å². The van der Waals surface area contributed by atoms with Gasteiger partial charge in [0.2, 0.25) is 11.8 Å². The SMILES string of the molecule is Nc1nc2c(ncn2[C@@H]2O[C@@H]3CO[P@](=O)(S)O[C@H]4C[C@H](Oc5ccncn5)C[C@@H]4CNS(=O)(=O)O[C@@H]2C3)c(=O)[nH]1.